The zero-order valence-corrected chi connectivity index (χ0v) is 18.3. The number of rotatable bonds is 6. The van der Waals surface area contributed by atoms with E-state index in [1.165, 1.54) is 12.0 Å². The normalized spacial score (nSPS) is 15.0. The van der Waals surface area contributed by atoms with Crippen molar-refractivity contribution in [1.82, 2.24) is 4.90 Å². The van der Waals surface area contributed by atoms with E-state index < -0.39 is 0 Å². The van der Waals surface area contributed by atoms with E-state index in [-0.39, 0.29) is 24.3 Å². The second kappa shape index (κ2) is 9.21. The summed E-state index contributed by atoms with van der Waals surface area (Å²) in [5, 5.41) is -0.289. The molecule has 1 aliphatic rings. The zero-order valence-electron chi connectivity index (χ0n) is 15.9. The van der Waals surface area contributed by atoms with Crippen molar-refractivity contribution in [2.24, 2.45) is 0 Å². The molecule has 1 saturated heterocycles. The van der Waals surface area contributed by atoms with Crippen molar-refractivity contribution in [2.45, 2.75) is 13.5 Å². The number of nitrogens with zero attached hydrogens (tertiary/aromatic N) is 1. The van der Waals surface area contributed by atoms with Crippen LogP contribution in [0.2, 0.25) is 0 Å². The van der Waals surface area contributed by atoms with E-state index in [1.54, 1.807) is 18.2 Å². The SMILES string of the molecule is C#CCOc1c(Br)cc(/C=C2\SC(=O)N(Cc3cccc(C)c3)C2=O)cc1OC. The van der Waals surface area contributed by atoms with Gasteiger partial charge in [-0.25, -0.2) is 0 Å². The van der Waals surface area contributed by atoms with Crippen LogP contribution in [0.1, 0.15) is 16.7 Å². The molecule has 1 aliphatic heterocycles. The first-order valence-electron chi connectivity index (χ1n) is 8.67. The standard InChI is InChI=1S/C22H18BrNO4S/c1-4-8-28-20-17(23)10-16(11-18(20)27-3)12-19-21(25)24(22(26)29-19)13-15-7-5-6-14(2)9-15/h1,5-7,9-12H,8,13H2,2-3H3/b19-12-. The molecule has 0 atom stereocenters. The van der Waals surface area contributed by atoms with Gasteiger partial charge in [-0.05, 0) is 64.0 Å². The molecule has 3 rings (SSSR count). The molecule has 2 amide bonds. The Balaban J connectivity index is 1.85. The highest BCUT2D eigenvalue weighted by Crippen LogP contribution is 2.39. The number of carbonyl (C=O) groups is 2. The highest BCUT2D eigenvalue weighted by Gasteiger charge is 2.35. The molecule has 7 heteroatoms. The summed E-state index contributed by atoms with van der Waals surface area (Å²) in [7, 11) is 1.52. The first-order valence-corrected chi connectivity index (χ1v) is 10.3. The number of terminal acetylenes is 1. The van der Waals surface area contributed by atoms with E-state index in [1.807, 2.05) is 31.2 Å². The quantitative estimate of drug-likeness (QED) is 0.437. The summed E-state index contributed by atoms with van der Waals surface area (Å²) in [6.07, 6.45) is 6.91. The Morgan fingerprint density at radius 2 is 2.07 bits per heavy atom. The van der Waals surface area contributed by atoms with E-state index in [2.05, 4.69) is 21.9 Å². The van der Waals surface area contributed by atoms with Crippen LogP contribution in [0.15, 0.2) is 45.8 Å². The van der Waals surface area contributed by atoms with Crippen molar-refractivity contribution in [3.8, 4) is 23.8 Å². The fourth-order valence-electron chi connectivity index (χ4n) is 2.86. The summed E-state index contributed by atoms with van der Waals surface area (Å²) >= 11 is 4.36. The Bertz CT molecular complexity index is 1040. The van der Waals surface area contributed by atoms with Gasteiger partial charge in [0.25, 0.3) is 11.1 Å². The van der Waals surface area contributed by atoms with Crippen LogP contribution in [0.25, 0.3) is 6.08 Å². The Kier molecular flexibility index (Phi) is 6.68. The fourth-order valence-corrected chi connectivity index (χ4v) is 4.27. The van der Waals surface area contributed by atoms with Gasteiger partial charge in [0.05, 0.1) is 23.0 Å². The minimum Gasteiger partial charge on any atom is -0.493 e. The van der Waals surface area contributed by atoms with Gasteiger partial charge in [0.2, 0.25) is 0 Å². The van der Waals surface area contributed by atoms with Gasteiger partial charge < -0.3 is 9.47 Å². The Morgan fingerprint density at radius 1 is 1.28 bits per heavy atom. The number of hydrogen-bond acceptors (Lipinski definition) is 5. The van der Waals surface area contributed by atoms with Gasteiger partial charge >= 0.3 is 0 Å². The van der Waals surface area contributed by atoms with Gasteiger partial charge in [0, 0.05) is 0 Å². The van der Waals surface area contributed by atoms with Crippen molar-refractivity contribution >= 4 is 44.9 Å². The third-order valence-corrected chi connectivity index (χ3v) is 5.64. The molecule has 0 aromatic heterocycles. The molecular weight excluding hydrogens is 454 g/mol. The third-order valence-electron chi connectivity index (χ3n) is 4.15. The van der Waals surface area contributed by atoms with Gasteiger partial charge in [-0.15, -0.1) is 6.42 Å². The van der Waals surface area contributed by atoms with Gasteiger partial charge in [0.15, 0.2) is 11.5 Å². The van der Waals surface area contributed by atoms with Crippen molar-refractivity contribution in [1.29, 1.82) is 0 Å². The maximum atomic E-state index is 12.8. The van der Waals surface area contributed by atoms with Crippen LogP contribution in [0.3, 0.4) is 0 Å². The Morgan fingerprint density at radius 3 is 2.76 bits per heavy atom. The smallest absolute Gasteiger partial charge is 0.293 e. The maximum absolute atomic E-state index is 12.8. The number of halogens is 1. The molecule has 5 nitrogen and oxygen atoms in total. The first-order chi connectivity index (χ1) is 13.9. The molecule has 0 bridgehead atoms. The average Bonchev–Trinajstić information content (AvgIpc) is 2.94. The van der Waals surface area contributed by atoms with Crippen LogP contribution in [-0.4, -0.2) is 29.8 Å². The zero-order chi connectivity index (χ0) is 21.0. The van der Waals surface area contributed by atoms with Crippen molar-refractivity contribution in [3.63, 3.8) is 0 Å². The van der Waals surface area contributed by atoms with Crippen LogP contribution in [-0.2, 0) is 11.3 Å². The van der Waals surface area contributed by atoms with Crippen LogP contribution >= 0.6 is 27.7 Å². The number of imide groups is 1. The lowest BCUT2D eigenvalue weighted by atomic mass is 10.1. The lowest BCUT2D eigenvalue weighted by molar-refractivity contribution is -0.123. The number of hydrogen-bond donors (Lipinski definition) is 0. The molecule has 29 heavy (non-hydrogen) atoms. The van der Waals surface area contributed by atoms with Gasteiger partial charge in [-0.2, -0.15) is 0 Å². The summed E-state index contributed by atoms with van der Waals surface area (Å²) in [6.45, 7) is 2.32. The highest BCUT2D eigenvalue weighted by atomic mass is 79.9. The minimum absolute atomic E-state index is 0.103. The first kappa shape index (κ1) is 21.0. The number of thioether (sulfide) groups is 1. The summed E-state index contributed by atoms with van der Waals surface area (Å²) in [6, 6.07) is 11.3. The number of ether oxygens (including phenoxy) is 2. The predicted octanol–water partition coefficient (Wildman–Crippen LogP) is 5.01. The molecule has 2 aromatic rings. The van der Waals surface area contributed by atoms with Gasteiger partial charge in [0.1, 0.15) is 6.61 Å². The maximum Gasteiger partial charge on any atom is 0.293 e. The van der Waals surface area contributed by atoms with Crippen molar-refractivity contribution in [3.05, 3.63) is 62.5 Å². The molecular formula is C22H18BrNO4S. The molecule has 2 aromatic carbocycles. The summed E-state index contributed by atoms with van der Waals surface area (Å²) < 4.78 is 11.5. The summed E-state index contributed by atoms with van der Waals surface area (Å²) in [4.78, 5) is 26.8. The molecule has 0 aliphatic carbocycles. The molecule has 1 heterocycles. The number of amides is 2. The molecule has 0 saturated carbocycles. The van der Waals surface area contributed by atoms with E-state index in [4.69, 9.17) is 15.9 Å². The van der Waals surface area contributed by atoms with Crippen LogP contribution in [0.5, 0.6) is 11.5 Å². The highest BCUT2D eigenvalue weighted by molar-refractivity contribution is 9.10. The lowest BCUT2D eigenvalue weighted by Gasteiger charge is -2.13. The van der Waals surface area contributed by atoms with Crippen LogP contribution in [0.4, 0.5) is 4.79 Å². The second-order valence-electron chi connectivity index (χ2n) is 6.28. The van der Waals surface area contributed by atoms with Crippen molar-refractivity contribution < 1.29 is 19.1 Å². The van der Waals surface area contributed by atoms with Gasteiger partial charge in [-0.1, -0.05) is 35.7 Å². The van der Waals surface area contributed by atoms with Crippen molar-refractivity contribution in [2.75, 3.05) is 13.7 Å². The second-order valence-corrected chi connectivity index (χ2v) is 8.13. The van der Waals surface area contributed by atoms with E-state index >= 15 is 0 Å². The van der Waals surface area contributed by atoms with E-state index in [0.717, 1.165) is 22.9 Å². The fraction of sp³-hybridized carbons (Fsp3) is 0.182. The Hall–Kier alpha value is -2.69. The molecule has 0 spiro atoms. The summed E-state index contributed by atoms with van der Waals surface area (Å²) in [5.74, 6) is 3.04. The molecule has 0 radical (unpaired) electrons. The minimum atomic E-state index is -0.316. The van der Waals surface area contributed by atoms with Crippen LogP contribution < -0.4 is 9.47 Å². The monoisotopic (exact) mass is 471 g/mol. The topological polar surface area (TPSA) is 55.8 Å². The lowest BCUT2D eigenvalue weighted by Crippen LogP contribution is -2.27. The molecule has 148 valence electrons. The number of methoxy groups -OCH3 is 1. The number of aryl methyl sites for hydroxylation is 1. The molecule has 1 fully saturated rings. The van der Waals surface area contributed by atoms with E-state index in [0.29, 0.717) is 26.4 Å². The summed E-state index contributed by atoms with van der Waals surface area (Å²) in [5.41, 5.74) is 2.69. The largest absolute Gasteiger partial charge is 0.493 e. The molecule has 0 N–H and O–H groups in total. The number of benzene rings is 2. The molecule has 0 unspecified atom stereocenters. The number of carbonyl (C=O) groups excluding carboxylic acids is 2. The predicted molar refractivity (Wildman–Crippen MR) is 118 cm³/mol. The average molecular weight is 472 g/mol. The van der Waals surface area contributed by atoms with Crippen LogP contribution in [0, 0.1) is 19.3 Å². The van der Waals surface area contributed by atoms with E-state index in [9.17, 15) is 9.59 Å². The Labute approximate surface area is 182 Å². The third kappa shape index (κ3) is 4.84. The van der Waals surface area contributed by atoms with Gasteiger partial charge in [-0.3, -0.25) is 14.5 Å².